The zero-order valence-corrected chi connectivity index (χ0v) is 18.2. The highest BCUT2D eigenvalue weighted by Crippen LogP contribution is 2.36. The second kappa shape index (κ2) is 10.7. The highest BCUT2D eigenvalue weighted by molar-refractivity contribution is 5.88. The van der Waals surface area contributed by atoms with E-state index in [9.17, 15) is 19.5 Å². The fourth-order valence-electron chi connectivity index (χ4n) is 4.65. The Morgan fingerprint density at radius 1 is 1.29 bits per heavy atom. The van der Waals surface area contributed by atoms with E-state index in [0.29, 0.717) is 39.0 Å². The molecule has 1 aromatic rings. The average Bonchev–Trinajstić information content (AvgIpc) is 3.16. The van der Waals surface area contributed by atoms with Crippen molar-refractivity contribution in [3.63, 3.8) is 0 Å². The summed E-state index contributed by atoms with van der Waals surface area (Å²) in [5, 5.41) is 12.9. The monoisotopic (exact) mass is 432 g/mol. The Balaban J connectivity index is 1.67. The Kier molecular flexibility index (Phi) is 8.03. The van der Waals surface area contributed by atoms with Crippen molar-refractivity contribution in [2.75, 3.05) is 26.4 Å². The minimum atomic E-state index is -0.985. The van der Waals surface area contributed by atoms with Crippen molar-refractivity contribution in [1.29, 1.82) is 0 Å². The summed E-state index contributed by atoms with van der Waals surface area (Å²) in [5.74, 6) is -1.76. The van der Waals surface area contributed by atoms with E-state index in [2.05, 4.69) is 5.32 Å². The number of rotatable bonds is 9. The highest BCUT2D eigenvalue weighted by Gasteiger charge is 2.49. The molecule has 2 saturated heterocycles. The summed E-state index contributed by atoms with van der Waals surface area (Å²) in [5.41, 5.74) is 1.09. The van der Waals surface area contributed by atoms with Crippen molar-refractivity contribution in [3.8, 4) is 0 Å². The van der Waals surface area contributed by atoms with E-state index in [0.717, 1.165) is 5.56 Å². The molecule has 2 N–H and O–H groups in total. The van der Waals surface area contributed by atoms with Gasteiger partial charge in [-0.3, -0.25) is 14.9 Å². The van der Waals surface area contributed by atoms with Crippen molar-refractivity contribution >= 4 is 17.8 Å². The summed E-state index contributed by atoms with van der Waals surface area (Å²) in [6.07, 6.45) is 1.76. The SMILES string of the molecule is CCOC(=O)[C@H](CCc1ccccc1)NC(C)C(=O)N1CC2COCCC2[C@H]1C(=O)O. The van der Waals surface area contributed by atoms with Gasteiger partial charge < -0.3 is 19.5 Å². The van der Waals surface area contributed by atoms with Gasteiger partial charge in [0.15, 0.2) is 0 Å². The van der Waals surface area contributed by atoms with Crippen LogP contribution in [0.15, 0.2) is 30.3 Å². The molecule has 0 saturated carbocycles. The van der Waals surface area contributed by atoms with Crippen molar-refractivity contribution in [3.05, 3.63) is 35.9 Å². The van der Waals surface area contributed by atoms with Crippen molar-refractivity contribution < 1.29 is 29.0 Å². The molecule has 0 radical (unpaired) electrons. The van der Waals surface area contributed by atoms with E-state index >= 15 is 0 Å². The van der Waals surface area contributed by atoms with E-state index in [1.807, 2.05) is 30.3 Å². The minimum Gasteiger partial charge on any atom is -0.480 e. The van der Waals surface area contributed by atoms with Gasteiger partial charge in [0.25, 0.3) is 0 Å². The van der Waals surface area contributed by atoms with Gasteiger partial charge in [0, 0.05) is 19.1 Å². The van der Waals surface area contributed by atoms with Crippen LogP contribution >= 0.6 is 0 Å². The number of carboxylic acid groups (broad SMARTS) is 1. The van der Waals surface area contributed by atoms with E-state index in [1.54, 1.807) is 13.8 Å². The number of likely N-dealkylation sites (tertiary alicyclic amines) is 1. The molecule has 0 spiro atoms. The zero-order chi connectivity index (χ0) is 22.4. The summed E-state index contributed by atoms with van der Waals surface area (Å²) >= 11 is 0. The van der Waals surface area contributed by atoms with Crippen molar-refractivity contribution in [1.82, 2.24) is 10.2 Å². The van der Waals surface area contributed by atoms with E-state index < -0.39 is 30.1 Å². The largest absolute Gasteiger partial charge is 0.480 e. The molecule has 1 amide bonds. The van der Waals surface area contributed by atoms with Gasteiger partial charge in [0.2, 0.25) is 5.91 Å². The maximum Gasteiger partial charge on any atom is 0.326 e. The normalized spacial score (nSPS) is 24.8. The number of fused-ring (bicyclic) bond motifs is 1. The number of hydrogen-bond acceptors (Lipinski definition) is 6. The lowest BCUT2D eigenvalue weighted by atomic mass is 9.87. The van der Waals surface area contributed by atoms with Crippen molar-refractivity contribution in [2.45, 2.75) is 51.2 Å². The molecule has 2 aliphatic heterocycles. The second-order valence-corrected chi connectivity index (χ2v) is 8.28. The lowest BCUT2D eigenvalue weighted by Crippen LogP contribution is -2.54. The van der Waals surface area contributed by atoms with Crippen LogP contribution in [-0.4, -0.2) is 72.3 Å². The number of nitrogens with one attached hydrogen (secondary N) is 1. The number of nitrogens with zero attached hydrogens (tertiary/aromatic N) is 1. The standard InChI is InChI=1S/C23H32N2O6/c1-3-31-23(29)19(10-9-16-7-5-4-6-8-16)24-15(2)21(26)25-13-17-14-30-12-11-18(17)20(25)22(27)28/h4-8,15,17-20,24H,3,9-14H2,1-2H3,(H,27,28)/t15?,17?,18?,19-,20-/m0/s1. The number of ether oxygens (including phenoxy) is 2. The molecular formula is C23H32N2O6. The van der Waals surface area contributed by atoms with Crippen LogP contribution in [0, 0.1) is 11.8 Å². The van der Waals surface area contributed by atoms with Crippen LogP contribution in [0.2, 0.25) is 0 Å². The Bertz CT molecular complexity index is 771. The number of hydrogen-bond donors (Lipinski definition) is 2. The number of esters is 1. The van der Waals surface area contributed by atoms with Gasteiger partial charge in [0.1, 0.15) is 12.1 Å². The number of carbonyl (C=O) groups excluding carboxylic acids is 2. The Morgan fingerprint density at radius 3 is 2.71 bits per heavy atom. The van der Waals surface area contributed by atoms with E-state index in [-0.39, 0.29) is 24.3 Å². The first kappa shape index (κ1) is 23.2. The molecule has 5 atom stereocenters. The molecule has 2 heterocycles. The minimum absolute atomic E-state index is 0.0323. The third kappa shape index (κ3) is 5.62. The summed E-state index contributed by atoms with van der Waals surface area (Å²) in [6, 6.07) is 7.57. The first-order valence-electron chi connectivity index (χ1n) is 11.0. The predicted octanol–water partition coefficient (Wildman–Crippen LogP) is 1.48. The van der Waals surface area contributed by atoms with Crippen LogP contribution < -0.4 is 5.32 Å². The topological polar surface area (TPSA) is 105 Å². The van der Waals surface area contributed by atoms with Crippen LogP contribution in [0.1, 0.15) is 32.3 Å². The first-order valence-corrected chi connectivity index (χ1v) is 11.0. The molecule has 3 unspecified atom stereocenters. The van der Waals surface area contributed by atoms with Crippen LogP contribution in [-0.2, 0) is 30.3 Å². The molecule has 8 heteroatoms. The molecular weight excluding hydrogens is 400 g/mol. The fourth-order valence-corrected chi connectivity index (χ4v) is 4.65. The number of carboxylic acids is 1. The lowest BCUT2D eigenvalue weighted by molar-refractivity contribution is -0.151. The first-order chi connectivity index (χ1) is 14.9. The maximum absolute atomic E-state index is 13.2. The van der Waals surface area contributed by atoms with Gasteiger partial charge in [-0.1, -0.05) is 30.3 Å². The molecule has 0 aliphatic carbocycles. The van der Waals surface area contributed by atoms with E-state index in [1.165, 1.54) is 4.90 Å². The van der Waals surface area contributed by atoms with Crippen LogP contribution in [0.3, 0.4) is 0 Å². The fraction of sp³-hybridized carbons (Fsp3) is 0.609. The number of aliphatic carboxylic acids is 1. The number of aryl methyl sites for hydroxylation is 1. The van der Waals surface area contributed by atoms with Gasteiger partial charge >= 0.3 is 11.9 Å². The number of carbonyl (C=O) groups is 3. The zero-order valence-electron chi connectivity index (χ0n) is 18.2. The van der Waals surface area contributed by atoms with Gasteiger partial charge in [-0.05, 0) is 44.6 Å². The molecule has 0 aromatic heterocycles. The molecule has 31 heavy (non-hydrogen) atoms. The summed E-state index contributed by atoms with van der Waals surface area (Å²) in [4.78, 5) is 39.1. The third-order valence-electron chi connectivity index (χ3n) is 6.20. The average molecular weight is 433 g/mol. The van der Waals surface area contributed by atoms with Gasteiger partial charge in [-0.25, -0.2) is 4.79 Å². The molecule has 170 valence electrons. The number of benzene rings is 1. The molecule has 0 bridgehead atoms. The molecule has 2 fully saturated rings. The molecule has 3 rings (SSSR count). The second-order valence-electron chi connectivity index (χ2n) is 8.28. The number of amides is 1. The van der Waals surface area contributed by atoms with Crippen molar-refractivity contribution in [2.24, 2.45) is 11.8 Å². The lowest BCUT2D eigenvalue weighted by Gasteiger charge is -2.29. The van der Waals surface area contributed by atoms with Gasteiger partial charge in [-0.15, -0.1) is 0 Å². The molecule has 2 aliphatic rings. The van der Waals surface area contributed by atoms with Gasteiger partial charge in [-0.2, -0.15) is 0 Å². The quantitative estimate of drug-likeness (QED) is 0.570. The van der Waals surface area contributed by atoms with Crippen LogP contribution in [0.5, 0.6) is 0 Å². The summed E-state index contributed by atoms with van der Waals surface area (Å²) in [7, 11) is 0. The third-order valence-corrected chi connectivity index (χ3v) is 6.20. The molecule has 8 nitrogen and oxygen atoms in total. The smallest absolute Gasteiger partial charge is 0.326 e. The Hall–Kier alpha value is -2.45. The Morgan fingerprint density at radius 2 is 2.03 bits per heavy atom. The predicted molar refractivity (Wildman–Crippen MR) is 113 cm³/mol. The Labute approximate surface area is 182 Å². The van der Waals surface area contributed by atoms with Gasteiger partial charge in [0.05, 0.1) is 19.3 Å². The maximum atomic E-state index is 13.2. The van der Waals surface area contributed by atoms with Crippen LogP contribution in [0.25, 0.3) is 0 Å². The molecule has 1 aromatic carbocycles. The van der Waals surface area contributed by atoms with E-state index in [4.69, 9.17) is 9.47 Å². The summed E-state index contributed by atoms with van der Waals surface area (Å²) in [6.45, 7) is 5.02. The highest BCUT2D eigenvalue weighted by atomic mass is 16.5. The van der Waals surface area contributed by atoms with Crippen LogP contribution in [0.4, 0.5) is 0 Å². The summed E-state index contributed by atoms with van der Waals surface area (Å²) < 4.78 is 10.7.